The van der Waals surface area contributed by atoms with Crippen molar-refractivity contribution in [3.8, 4) is 0 Å². The van der Waals surface area contributed by atoms with Gasteiger partial charge in [-0.05, 0) is 57.0 Å². The molecule has 1 N–H and O–H groups in total. The second-order valence-corrected chi connectivity index (χ2v) is 6.02. The average molecular weight is 281 g/mol. The second-order valence-electron chi connectivity index (χ2n) is 5.59. The molecule has 0 radical (unpaired) electrons. The first-order valence-corrected chi connectivity index (χ1v) is 7.80. The summed E-state index contributed by atoms with van der Waals surface area (Å²) in [5.41, 5.74) is 1.33. The van der Waals surface area contributed by atoms with Crippen LogP contribution in [-0.2, 0) is 0 Å². The van der Waals surface area contributed by atoms with Crippen LogP contribution in [0.2, 0.25) is 5.02 Å². The molecule has 1 aromatic carbocycles. The third-order valence-corrected chi connectivity index (χ3v) is 4.15. The Morgan fingerprint density at radius 2 is 1.84 bits per heavy atom. The van der Waals surface area contributed by atoms with Gasteiger partial charge in [0.2, 0.25) is 0 Å². The Labute approximate surface area is 122 Å². The van der Waals surface area contributed by atoms with Crippen molar-refractivity contribution in [1.29, 1.82) is 0 Å². The molecule has 19 heavy (non-hydrogen) atoms. The zero-order valence-corrected chi connectivity index (χ0v) is 12.8. The van der Waals surface area contributed by atoms with Gasteiger partial charge in [0.25, 0.3) is 0 Å². The van der Waals surface area contributed by atoms with Crippen LogP contribution < -0.4 is 5.32 Å². The smallest absolute Gasteiger partial charge is 0.0406 e. The van der Waals surface area contributed by atoms with Crippen molar-refractivity contribution in [1.82, 2.24) is 10.2 Å². The van der Waals surface area contributed by atoms with Crippen molar-refractivity contribution in [2.45, 2.75) is 45.2 Å². The Hall–Kier alpha value is -0.570. The Bertz CT molecular complexity index is 371. The number of hydrogen-bond donors (Lipinski definition) is 1. The third-order valence-electron chi connectivity index (χ3n) is 3.90. The van der Waals surface area contributed by atoms with Gasteiger partial charge in [-0.1, -0.05) is 30.7 Å². The predicted octanol–water partition coefficient (Wildman–Crippen LogP) is 3.87. The molecule has 0 spiro atoms. The van der Waals surface area contributed by atoms with Crippen molar-refractivity contribution >= 4 is 11.6 Å². The molecular weight excluding hydrogens is 256 g/mol. The fraction of sp³-hybridized carbons (Fsp3) is 0.625. The monoisotopic (exact) mass is 280 g/mol. The normalized spacial score (nSPS) is 19.5. The van der Waals surface area contributed by atoms with Crippen molar-refractivity contribution < 1.29 is 0 Å². The molecule has 1 heterocycles. The van der Waals surface area contributed by atoms with Crippen LogP contribution in [0.4, 0.5) is 0 Å². The van der Waals surface area contributed by atoms with Gasteiger partial charge < -0.3 is 10.2 Å². The van der Waals surface area contributed by atoms with Crippen molar-refractivity contribution in [2.24, 2.45) is 0 Å². The lowest BCUT2D eigenvalue weighted by Crippen LogP contribution is -2.39. The highest BCUT2D eigenvalue weighted by atomic mass is 35.5. The number of benzene rings is 1. The van der Waals surface area contributed by atoms with E-state index in [0.29, 0.717) is 12.1 Å². The van der Waals surface area contributed by atoms with E-state index in [1.54, 1.807) is 0 Å². The van der Waals surface area contributed by atoms with Crippen LogP contribution in [0.3, 0.4) is 0 Å². The van der Waals surface area contributed by atoms with Crippen LogP contribution in [0.5, 0.6) is 0 Å². The van der Waals surface area contributed by atoms with Gasteiger partial charge in [-0.25, -0.2) is 0 Å². The first-order chi connectivity index (χ1) is 9.19. The Kier molecular flexibility index (Phi) is 5.68. The fourth-order valence-electron chi connectivity index (χ4n) is 2.89. The van der Waals surface area contributed by atoms with Crippen LogP contribution in [-0.4, -0.2) is 30.6 Å². The summed E-state index contributed by atoms with van der Waals surface area (Å²) in [6, 6.07) is 9.17. The molecule has 0 bridgehead atoms. The Morgan fingerprint density at radius 1 is 1.21 bits per heavy atom. The lowest BCUT2D eigenvalue weighted by atomic mass is 10.0. The molecule has 0 aromatic heterocycles. The minimum atomic E-state index is 0.426. The zero-order valence-electron chi connectivity index (χ0n) is 12.0. The quantitative estimate of drug-likeness (QED) is 0.851. The van der Waals surface area contributed by atoms with Gasteiger partial charge in [0, 0.05) is 23.7 Å². The predicted molar refractivity (Wildman–Crippen MR) is 82.8 cm³/mol. The molecule has 2 atom stereocenters. The number of nitrogens with one attached hydrogen (secondary N) is 1. The summed E-state index contributed by atoms with van der Waals surface area (Å²) < 4.78 is 0. The highest BCUT2D eigenvalue weighted by Crippen LogP contribution is 2.20. The molecule has 1 aliphatic heterocycles. The maximum Gasteiger partial charge on any atom is 0.0406 e. The molecule has 1 aromatic rings. The van der Waals surface area contributed by atoms with Crippen molar-refractivity contribution in [2.75, 3.05) is 19.6 Å². The second kappa shape index (κ2) is 7.28. The number of likely N-dealkylation sites (tertiary alicyclic amines) is 1. The molecule has 1 saturated heterocycles. The summed E-state index contributed by atoms with van der Waals surface area (Å²) in [4.78, 5) is 2.56. The van der Waals surface area contributed by atoms with E-state index >= 15 is 0 Å². The summed E-state index contributed by atoms with van der Waals surface area (Å²) in [7, 11) is 0. The Morgan fingerprint density at radius 3 is 2.42 bits per heavy atom. The first kappa shape index (κ1) is 14.8. The summed E-state index contributed by atoms with van der Waals surface area (Å²) >= 11 is 5.95. The van der Waals surface area contributed by atoms with Gasteiger partial charge in [0.15, 0.2) is 0 Å². The van der Waals surface area contributed by atoms with Gasteiger partial charge in [0.05, 0.1) is 0 Å². The van der Waals surface area contributed by atoms with E-state index in [-0.39, 0.29) is 0 Å². The molecule has 1 fully saturated rings. The van der Waals surface area contributed by atoms with Gasteiger partial charge in [0.1, 0.15) is 0 Å². The van der Waals surface area contributed by atoms with Crippen LogP contribution in [0.15, 0.2) is 24.3 Å². The molecule has 2 nitrogen and oxygen atoms in total. The topological polar surface area (TPSA) is 15.3 Å². The SMILES string of the molecule is CCC(NC(C)CN1CCCC1)c1ccc(Cl)cc1. The molecule has 0 amide bonds. The van der Waals surface area contributed by atoms with E-state index in [2.05, 4.69) is 36.2 Å². The summed E-state index contributed by atoms with van der Waals surface area (Å²) in [6.45, 7) is 8.21. The van der Waals surface area contributed by atoms with E-state index in [1.807, 2.05) is 12.1 Å². The number of nitrogens with zero attached hydrogens (tertiary/aromatic N) is 1. The van der Waals surface area contributed by atoms with E-state index < -0.39 is 0 Å². The zero-order chi connectivity index (χ0) is 13.7. The fourth-order valence-corrected chi connectivity index (χ4v) is 3.02. The minimum Gasteiger partial charge on any atom is -0.306 e. The third kappa shape index (κ3) is 4.48. The van der Waals surface area contributed by atoms with E-state index in [9.17, 15) is 0 Å². The lowest BCUT2D eigenvalue weighted by Gasteiger charge is -2.26. The van der Waals surface area contributed by atoms with Gasteiger partial charge in [-0.3, -0.25) is 0 Å². The van der Waals surface area contributed by atoms with Gasteiger partial charge in [-0.2, -0.15) is 0 Å². The van der Waals surface area contributed by atoms with Crippen LogP contribution >= 0.6 is 11.6 Å². The van der Waals surface area contributed by atoms with E-state index in [4.69, 9.17) is 11.6 Å². The molecule has 106 valence electrons. The molecule has 0 saturated carbocycles. The van der Waals surface area contributed by atoms with Gasteiger partial charge >= 0.3 is 0 Å². The summed E-state index contributed by atoms with van der Waals surface area (Å²) in [5, 5.41) is 4.55. The molecule has 2 unspecified atom stereocenters. The standard InChI is InChI=1S/C16H25ClN2/c1-3-16(14-6-8-15(17)9-7-14)18-13(2)12-19-10-4-5-11-19/h6-9,13,16,18H,3-5,10-12H2,1-2H3. The highest BCUT2D eigenvalue weighted by molar-refractivity contribution is 6.30. The highest BCUT2D eigenvalue weighted by Gasteiger charge is 2.17. The lowest BCUT2D eigenvalue weighted by molar-refractivity contribution is 0.284. The molecule has 1 aliphatic rings. The number of halogens is 1. The average Bonchev–Trinajstić information content (AvgIpc) is 2.90. The molecular formula is C16H25ClN2. The van der Waals surface area contributed by atoms with Gasteiger partial charge in [-0.15, -0.1) is 0 Å². The van der Waals surface area contributed by atoms with Crippen molar-refractivity contribution in [3.05, 3.63) is 34.9 Å². The summed E-state index contributed by atoms with van der Waals surface area (Å²) in [6.07, 6.45) is 3.83. The first-order valence-electron chi connectivity index (χ1n) is 7.43. The van der Waals surface area contributed by atoms with Crippen molar-refractivity contribution in [3.63, 3.8) is 0 Å². The molecule has 0 aliphatic carbocycles. The maximum atomic E-state index is 5.95. The van der Waals surface area contributed by atoms with E-state index in [1.165, 1.54) is 31.5 Å². The summed E-state index contributed by atoms with van der Waals surface area (Å²) in [5.74, 6) is 0. The van der Waals surface area contributed by atoms with Crippen LogP contribution in [0.25, 0.3) is 0 Å². The van der Waals surface area contributed by atoms with Crippen LogP contribution in [0.1, 0.15) is 44.7 Å². The Balaban J connectivity index is 1.88. The van der Waals surface area contributed by atoms with E-state index in [0.717, 1.165) is 18.0 Å². The number of hydrogen-bond acceptors (Lipinski definition) is 2. The largest absolute Gasteiger partial charge is 0.306 e. The maximum absolute atomic E-state index is 5.95. The molecule has 3 heteroatoms. The van der Waals surface area contributed by atoms with Crippen LogP contribution in [0, 0.1) is 0 Å². The molecule has 2 rings (SSSR count). The number of rotatable bonds is 6. The minimum absolute atomic E-state index is 0.426.